The van der Waals surface area contributed by atoms with Gasteiger partial charge in [0.2, 0.25) is 0 Å². The highest BCUT2D eigenvalue weighted by atomic mass is 16.1. The van der Waals surface area contributed by atoms with E-state index in [0.29, 0.717) is 17.8 Å². The molecule has 3 heterocycles. The summed E-state index contributed by atoms with van der Waals surface area (Å²) < 4.78 is 0. The SMILES string of the molecule is CC1=NCC(C)=C1c1cnc(N)c(C(=O)Nc2ccncc2)c1. The summed E-state index contributed by atoms with van der Waals surface area (Å²) >= 11 is 0. The fourth-order valence-corrected chi connectivity index (χ4v) is 2.59. The highest BCUT2D eigenvalue weighted by molar-refractivity contribution is 6.25. The van der Waals surface area contributed by atoms with E-state index in [-0.39, 0.29) is 11.7 Å². The number of nitrogen functional groups attached to an aromatic ring is 1. The lowest BCUT2D eigenvalue weighted by molar-refractivity contribution is 0.102. The van der Waals surface area contributed by atoms with Crippen LogP contribution < -0.4 is 11.1 Å². The van der Waals surface area contributed by atoms with Crippen LogP contribution in [0.15, 0.2) is 47.4 Å². The van der Waals surface area contributed by atoms with Gasteiger partial charge < -0.3 is 11.1 Å². The Morgan fingerprint density at radius 3 is 2.65 bits per heavy atom. The standard InChI is InChI=1S/C17H17N5O/c1-10-8-20-11(2)15(10)12-7-14(16(18)21-9-12)17(23)22-13-3-5-19-6-4-13/h3-7,9H,8H2,1-2H3,(H2,18,21)(H,19,22,23). The van der Waals surface area contributed by atoms with E-state index in [9.17, 15) is 4.79 Å². The van der Waals surface area contributed by atoms with Crippen molar-refractivity contribution < 1.29 is 4.79 Å². The summed E-state index contributed by atoms with van der Waals surface area (Å²) in [6.07, 6.45) is 4.90. The van der Waals surface area contributed by atoms with Crippen molar-refractivity contribution in [1.29, 1.82) is 0 Å². The molecule has 6 nitrogen and oxygen atoms in total. The lowest BCUT2D eigenvalue weighted by Crippen LogP contribution is -2.15. The quantitative estimate of drug-likeness (QED) is 0.911. The maximum Gasteiger partial charge on any atom is 0.259 e. The molecule has 0 saturated carbocycles. The van der Waals surface area contributed by atoms with Gasteiger partial charge in [-0.15, -0.1) is 0 Å². The first-order valence-corrected chi connectivity index (χ1v) is 7.24. The van der Waals surface area contributed by atoms with Crippen LogP contribution in [0.2, 0.25) is 0 Å². The lowest BCUT2D eigenvalue weighted by Gasteiger charge is -2.10. The Bertz CT molecular complexity index is 824. The number of carbonyl (C=O) groups excluding carboxylic acids is 1. The van der Waals surface area contributed by atoms with Gasteiger partial charge in [-0.05, 0) is 37.6 Å². The van der Waals surface area contributed by atoms with Gasteiger partial charge >= 0.3 is 0 Å². The Kier molecular flexibility index (Phi) is 3.89. The van der Waals surface area contributed by atoms with Crippen molar-refractivity contribution in [2.24, 2.45) is 4.99 Å². The maximum absolute atomic E-state index is 12.5. The first kappa shape index (κ1) is 14.9. The number of aromatic nitrogens is 2. The largest absolute Gasteiger partial charge is 0.383 e. The Morgan fingerprint density at radius 1 is 1.26 bits per heavy atom. The molecule has 0 atom stereocenters. The van der Waals surface area contributed by atoms with Gasteiger partial charge in [0.05, 0.1) is 12.1 Å². The number of hydrogen-bond acceptors (Lipinski definition) is 5. The Morgan fingerprint density at radius 2 is 2.00 bits per heavy atom. The normalized spacial score (nSPS) is 13.9. The van der Waals surface area contributed by atoms with Gasteiger partial charge in [0.15, 0.2) is 0 Å². The van der Waals surface area contributed by atoms with Crippen LogP contribution in [0, 0.1) is 0 Å². The van der Waals surface area contributed by atoms with E-state index in [4.69, 9.17) is 5.73 Å². The van der Waals surface area contributed by atoms with Crippen LogP contribution in [0.1, 0.15) is 29.8 Å². The Labute approximate surface area is 134 Å². The average Bonchev–Trinajstić information content (AvgIpc) is 2.88. The predicted molar refractivity (Wildman–Crippen MR) is 91.4 cm³/mol. The number of nitrogens with one attached hydrogen (secondary N) is 1. The molecule has 1 aliphatic heterocycles. The van der Waals surface area contributed by atoms with E-state index in [1.54, 1.807) is 36.8 Å². The van der Waals surface area contributed by atoms with E-state index in [1.165, 1.54) is 0 Å². The molecular formula is C17H17N5O. The van der Waals surface area contributed by atoms with Crippen LogP contribution in [0.3, 0.4) is 0 Å². The maximum atomic E-state index is 12.5. The van der Waals surface area contributed by atoms with Crippen LogP contribution in [0.4, 0.5) is 11.5 Å². The van der Waals surface area contributed by atoms with Gasteiger partial charge in [-0.1, -0.05) is 0 Å². The van der Waals surface area contributed by atoms with Crippen molar-refractivity contribution in [2.45, 2.75) is 13.8 Å². The van der Waals surface area contributed by atoms with Crippen molar-refractivity contribution in [3.8, 4) is 0 Å². The van der Waals surface area contributed by atoms with Crippen molar-refractivity contribution in [1.82, 2.24) is 9.97 Å². The lowest BCUT2D eigenvalue weighted by atomic mass is 9.99. The van der Waals surface area contributed by atoms with Crippen LogP contribution in [-0.4, -0.2) is 28.1 Å². The first-order valence-electron chi connectivity index (χ1n) is 7.24. The van der Waals surface area contributed by atoms with E-state index in [0.717, 1.165) is 22.4 Å². The smallest absolute Gasteiger partial charge is 0.259 e. The van der Waals surface area contributed by atoms with Gasteiger partial charge in [0.25, 0.3) is 5.91 Å². The molecule has 0 spiro atoms. The van der Waals surface area contributed by atoms with Crippen molar-refractivity contribution in [2.75, 3.05) is 17.6 Å². The van der Waals surface area contributed by atoms with Crippen molar-refractivity contribution in [3.63, 3.8) is 0 Å². The summed E-state index contributed by atoms with van der Waals surface area (Å²) in [6.45, 7) is 4.67. The van der Waals surface area contributed by atoms with Gasteiger partial charge in [0.1, 0.15) is 5.82 Å². The molecule has 0 radical (unpaired) electrons. The fourth-order valence-electron chi connectivity index (χ4n) is 2.59. The molecule has 1 amide bonds. The first-order chi connectivity index (χ1) is 11.1. The summed E-state index contributed by atoms with van der Waals surface area (Å²) in [4.78, 5) is 25.0. The predicted octanol–water partition coefficient (Wildman–Crippen LogP) is 2.56. The van der Waals surface area contributed by atoms with E-state index in [2.05, 4.69) is 20.3 Å². The third kappa shape index (κ3) is 2.96. The monoisotopic (exact) mass is 307 g/mol. The van der Waals surface area contributed by atoms with Gasteiger partial charge in [-0.2, -0.15) is 0 Å². The molecule has 2 aromatic heterocycles. The van der Waals surface area contributed by atoms with Crippen molar-refractivity contribution >= 4 is 28.7 Å². The van der Waals surface area contributed by atoms with E-state index in [1.807, 2.05) is 13.8 Å². The minimum Gasteiger partial charge on any atom is -0.383 e. The number of rotatable bonds is 3. The zero-order valence-corrected chi connectivity index (χ0v) is 13.0. The van der Waals surface area contributed by atoms with E-state index < -0.39 is 0 Å². The molecule has 0 aliphatic carbocycles. The molecule has 23 heavy (non-hydrogen) atoms. The van der Waals surface area contributed by atoms with Gasteiger partial charge in [-0.25, -0.2) is 4.98 Å². The number of pyridine rings is 2. The van der Waals surface area contributed by atoms with Crippen LogP contribution in [0.5, 0.6) is 0 Å². The van der Waals surface area contributed by atoms with Crippen molar-refractivity contribution in [3.05, 3.63) is 53.5 Å². The topological polar surface area (TPSA) is 93.3 Å². The molecule has 0 fully saturated rings. The summed E-state index contributed by atoms with van der Waals surface area (Å²) in [5, 5.41) is 2.79. The average molecular weight is 307 g/mol. The summed E-state index contributed by atoms with van der Waals surface area (Å²) in [6, 6.07) is 5.19. The molecule has 3 rings (SSSR count). The summed E-state index contributed by atoms with van der Waals surface area (Å²) in [5.74, 6) is -0.0972. The Balaban J connectivity index is 1.94. The van der Waals surface area contributed by atoms with Crippen LogP contribution >= 0.6 is 0 Å². The fraction of sp³-hybridized carbons (Fsp3) is 0.176. The number of carbonyl (C=O) groups is 1. The molecule has 0 saturated heterocycles. The Hall–Kier alpha value is -3.02. The number of anilines is 2. The molecular weight excluding hydrogens is 290 g/mol. The summed E-state index contributed by atoms with van der Waals surface area (Å²) in [7, 11) is 0. The van der Waals surface area contributed by atoms with Crippen LogP contribution in [-0.2, 0) is 0 Å². The second kappa shape index (κ2) is 6.00. The third-order valence-electron chi connectivity index (χ3n) is 3.73. The molecule has 2 aromatic rings. The number of aliphatic imine (C=N–C) groups is 1. The summed E-state index contributed by atoms with van der Waals surface area (Å²) in [5.41, 5.74) is 10.9. The number of nitrogens with zero attached hydrogens (tertiary/aromatic N) is 3. The molecule has 1 aliphatic rings. The highest BCUT2D eigenvalue weighted by Gasteiger charge is 2.18. The number of allylic oxidation sites excluding steroid dienone is 1. The zero-order valence-electron chi connectivity index (χ0n) is 13.0. The van der Waals surface area contributed by atoms with Gasteiger partial charge in [0, 0.05) is 41.1 Å². The number of amides is 1. The molecule has 116 valence electrons. The minimum atomic E-state index is -0.297. The van der Waals surface area contributed by atoms with E-state index >= 15 is 0 Å². The number of nitrogens with two attached hydrogens (primary N) is 1. The highest BCUT2D eigenvalue weighted by Crippen LogP contribution is 2.27. The van der Waals surface area contributed by atoms with Gasteiger partial charge in [-0.3, -0.25) is 14.8 Å². The van der Waals surface area contributed by atoms with Crippen LogP contribution in [0.25, 0.3) is 5.57 Å². The third-order valence-corrected chi connectivity index (χ3v) is 3.73. The second-order valence-corrected chi connectivity index (χ2v) is 5.40. The molecule has 0 aromatic carbocycles. The second-order valence-electron chi connectivity index (χ2n) is 5.40. The zero-order chi connectivity index (χ0) is 16.4. The molecule has 0 bridgehead atoms. The molecule has 3 N–H and O–H groups in total. The molecule has 0 unspecified atom stereocenters. The minimum absolute atomic E-state index is 0.200. The molecule has 6 heteroatoms. The number of hydrogen-bond donors (Lipinski definition) is 2.